The minimum absolute atomic E-state index is 0.0242. The van der Waals surface area contributed by atoms with Crippen LogP contribution in [0, 0.1) is 0 Å². The van der Waals surface area contributed by atoms with Gasteiger partial charge in [0, 0.05) is 11.1 Å². The first-order valence-electron chi connectivity index (χ1n) is 8.02. The van der Waals surface area contributed by atoms with E-state index in [9.17, 15) is 8.42 Å². The fraction of sp³-hybridized carbons (Fsp3) is 0.684. The predicted molar refractivity (Wildman–Crippen MR) is 98.0 cm³/mol. The molecule has 0 unspecified atom stereocenters. The van der Waals surface area contributed by atoms with Gasteiger partial charge in [-0.15, -0.1) is 0 Å². The minimum Gasteiger partial charge on any atom is -0.382 e. The van der Waals surface area contributed by atoms with Crippen molar-refractivity contribution in [3.05, 3.63) is 28.8 Å². The van der Waals surface area contributed by atoms with Gasteiger partial charge in [0.2, 0.25) is 0 Å². The van der Waals surface area contributed by atoms with Crippen LogP contribution in [0.3, 0.4) is 0 Å². The molecule has 3 nitrogen and oxygen atoms in total. The molecule has 0 saturated carbocycles. The number of benzene rings is 1. The molecule has 4 heteroatoms. The maximum absolute atomic E-state index is 11.8. The SMILES string of the molecule is CC(C)(C)c1cc(C(C)(C)C)c(OS(C)(=O)=O)c(C(C)(C)C)c1. The van der Waals surface area contributed by atoms with E-state index in [-0.39, 0.29) is 16.2 Å². The molecule has 0 radical (unpaired) electrons. The lowest BCUT2D eigenvalue weighted by Crippen LogP contribution is -2.24. The highest BCUT2D eigenvalue weighted by molar-refractivity contribution is 7.86. The Balaban J connectivity index is 3.90. The van der Waals surface area contributed by atoms with Gasteiger partial charge in [0.25, 0.3) is 0 Å². The molecular weight excluding hydrogens is 308 g/mol. The summed E-state index contributed by atoms with van der Waals surface area (Å²) in [5.41, 5.74) is 2.58. The molecule has 0 fully saturated rings. The summed E-state index contributed by atoms with van der Waals surface area (Å²) in [5.74, 6) is 0.487. The highest BCUT2D eigenvalue weighted by atomic mass is 32.2. The fourth-order valence-electron chi connectivity index (χ4n) is 2.42. The second-order valence-electron chi connectivity index (χ2n) is 9.44. The first kappa shape index (κ1) is 20.0. The van der Waals surface area contributed by atoms with Gasteiger partial charge < -0.3 is 4.18 Å². The number of rotatable bonds is 2. The normalized spacial score (nSPS) is 14.0. The molecule has 0 aliphatic rings. The highest BCUT2D eigenvalue weighted by Gasteiger charge is 2.31. The summed E-state index contributed by atoms with van der Waals surface area (Å²) in [4.78, 5) is 0. The van der Waals surface area contributed by atoms with Crippen molar-refractivity contribution in [1.29, 1.82) is 0 Å². The van der Waals surface area contributed by atoms with Gasteiger partial charge in [-0.2, -0.15) is 8.42 Å². The molecule has 1 aromatic carbocycles. The maximum atomic E-state index is 11.8. The van der Waals surface area contributed by atoms with Crippen molar-refractivity contribution in [2.24, 2.45) is 0 Å². The van der Waals surface area contributed by atoms with Gasteiger partial charge in [-0.25, -0.2) is 0 Å². The second-order valence-corrected chi connectivity index (χ2v) is 11.0. The number of hydrogen-bond acceptors (Lipinski definition) is 3. The molecule has 0 aliphatic heterocycles. The van der Waals surface area contributed by atoms with Crippen molar-refractivity contribution in [2.45, 2.75) is 78.6 Å². The lowest BCUT2D eigenvalue weighted by Gasteiger charge is -2.32. The van der Waals surface area contributed by atoms with Gasteiger partial charge in [-0.3, -0.25) is 0 Å². The van der Waals surface area contributed by atoms with Gasteiger partial charge in [0.1, 0.15) is 5.75 Å². The van der Waals surface area contributed by atoms with E-state index >= 15 is 0 Å². The van der Waals surface area contributed by atoms with Crippen molar-refractivity contribution in [3.63, 3.8) is 0 Å². The molecule has 0 bridgehead atoms. The first-order valence-corrected chi connectivity index (χ1v) is 9.83. The Hall–Kier alpha value is -1.03. The molecule has 0 N–H and O–H groups in total. The van der Waals surface area contributed by atoms with Crippen LogP contribution in [0.5, 0.6) is 5.75 Å². The molecule has 132 valence electrons. The van der Waals surface area contributed by atoms with Crippen molar-refractivity contribution in [1.82, 2.24) is 0 Å². The zero-order valence-corrected chi connectivity index (χ0v) is 17.1. The summed E-state index contributed by atoms with van der Waals surface area (Å²) in [6.45, 7) is 19.0. The van der Waals surface area contributed by atoms with Crippen LogP contribution >= 0.6 is 0 Å². The van der Waals surface area contributed by atoms with Crippen molar-refractivity contribution in [2.75, 3.05) is 6.26 Å². The van der Waals surface area contributed by atoms with Crippen LogP contribution in [0.4, 0.5) is 0 Å². The molecule has 1 aromatic rings. The summed E-state index contributed by atoms with van der Waals surface area (Å²) >= 11 is 0. The van der Waals surface area contributed by atoms with Crippen molar-refractivity contribution >= 4 is 10.1 Å². The highest BCUT2D eigenvalue weighted by Crippen LogP contribution is 2.43. The van der Waals surface area contributed by atoms with Gasteiger partial charge in [-0.1, -0.05) is 74.4 Å². The third-order valence-electron chi connectivity index (χ3n) is 3.81. The molecule has 0 amide bonds. The van der Waals surface area contributed by atoms with Crippen LogP contribution in [0.25, 0.3) is 0 Å². The third kappa shape index (κ3) is 5.23. The van der Waals surface area contributed by atoms with E-state index in [4.69, 9.17) is 4.18 Å². The predicted octanol–water partition coefficient (Wildman–Crippen LogP) is 4.92. The molecule has 1 rings (SSSR count). The van der Waals surface area contributed by atoms with Crippen LogP contribution in [0.1, 0.15) is 79.0 Å². The monoisotopic (exact) mass is 340 g/mol. The average Bonchev–Trinajstić information content (AvgIpc) is 2.21. The van der Waals surface area contributed by atoms with E-state index in [1.165, 1.54) is 5.56 Å². The van der Waals surface area contributed by atoms with Crippen LogP contribution in [-0.4, -0.2) is 14.7 Å². The second kappa shape index (κ2) is 5.80. The van der Waals surface area contributed by atoms with Crippen molar-refractivity contribution < 1.29 is 12.6 Å². The summed E-state index contributed by atoms with van der Waals surface area (Å²) < 4.78 is 29.1. The van der Waals surface area contributed by atoms with Crippen molar-refractivity contribution in [3.8, 4) is 5.75 Å². The molecule has 0 aromatic heterocycles. The molecule has 0 heterocycles. The van der Waals surface area contributed by atoms with E-state index in [1.807, 2.05) is 0 Å². The topological polar surface area (TPSA) is 43.4 Å². The molecule has 0 saturated heterocycles. The number of hydrogen-bond donors (Lipinski definition) is 0. The van der Waals surface area contributed by atoms with E-state index in [1.54, 1.807) is 0 Å². The largest absolute Gasteiger partial charge is 0.382 e. The zero-order valence-electron chi connectivity index (χ0n) is 16.3. The van der Waals surface area contributed by atoms with Crippen LogP contribution in [-0.2, 0) is 26.4 Å². The quantitative estimate of drug-likeness (QED) is 0.718. The molecule has 23 heavy (non-hydrogen) atoms. The minimum atomic E-state index is -3.59. The van der Waals surface area contributed by atoms with E-state index in [0.29, 0.717) is 5.75 Å². The fourth-order valence-corrected chi connectivity index (χ4v) is 2.90. The Morgan fingerprint density at radius 3 is 1.30 bits per heavy atom. The van der Waals surface area contributed by atoms with E-state index in [2.05, 4.69) is 74.4 Å². The summed E-state index contributed by atoms with van der Waals surface area (Å²) in [6.07, 6.45) is 1.10. The lowest BCUT2D eigenvalue weighted by atomic mass is 9.75. The summed E-state index contributed by atoms with van der Waals surface area (Å²) in [5, 5.41) is 0. The molecule has 0 atom stereocenters. The molecule has 0 aliphatic carbocycles. The summed E-state index contributed by atoms with van der Waals surface area (Å²) in [7, 11) is -3.59. The van der Waals surface area contributed by atoms with Gasteiger partial charge in [-0.05, 0) is 21.8 Å². The Kier molecular flexibility index (Phi) is 5.05. The first-order chi connectivity index (χ1) is 9.93. The van der Waals surface area contributed by atoms with E-state index < -0.39 is 10.1 Å². The Bertz CT molecular complexity index is 644. The third-order valence-corrected chi connectivity index (χ3v) is 4.28. The van der Waals surface area contributed by atoms with Gasteiger partial charge in [0.05, 0.1) is 6.26 Å². The van der Waals surface area contributed by atoms with Crippen LogP contribution in [0.2, 0.25) is 0 Å². The maximum Gasteiger partial charge on any atom is 0.306 e. The van der Waals surface area contributed by atoms with Crippen LogP contribution in [0.15, 0.2) is 12.1 Å². The van der Waals surface area contributed by atoms with Gasteiger partial charge in [0.15, 0.2) is 0 Å². The average molecular weight is 341 g/mol. The Labute approximate surface area is 142 Å². The van der Waals surface area contributed by atoms with E-state index in [0.717, 1.165) is 17.4 Å². The molecule has 0 spiro atoms. The Morgan fingerprint density at radius 1 is 0.739 bits per heavy atom. The van der Waals surface area contributed by atoms with Crippen LogP contribution < -0.4 is 4.18 Å². The summed E-state index contributed by atoms with van der Waals surface area (Å²) in [6, 6.07) is 4.19. The zero-order chi connectivity index (χ0) is 18.4. The molecular formula is C19H32O3S. The lowest BCUT2D eigenvalue weighted by molar-refractivity contribution is 0.456. The Morgan fingerprint density at radius 2 is 1.09 bits per heavy atom. The smallest absolute Gasteiger partial charge is 0.306 e. The standard InChI is InChI=1S/C19H32O3S/c1-17(2,3)13-11-14(18(4,5)6)16(22-23(10,20)21)15(12-13)19(7,8)9/h11-12H,1-10H3. The van der Waals surface area contributed by atoms with Gasteiger partial charge >= 0.3 is 10.1 Å².